The van der Waals surface area contributed by atoms with Gasteiger partial charge in [0.25, 0.3) is 0 Å². The fraction of sp³-hybridized carbons (Fsp3) is 0.909. The summed E-state index contributed by atoms with van der Waals surface area (Å²) in [5.41, 5.74) is 0. The van der Waals surface area contributed by atoms with E-state index in [1.54, 1.807) is 0 Å². The maximum Gasteiger partial charge on any atom is 0.0831 e. The minimum atomic E-state index is 0.598. The van der Waals surface area contributed by atoms with Crippen LogP contribution in [-0.4, -0.2) is 18.4 Å². The molecule has 0 saturated heterocycles. The summed E-state index contributed by atoms with van der Waals surface area (Å²) in [5.74, 6) is 1.82. The second-order valence-electron chi connectivity index (χ2n) is 4.58. The van der Waals surface area contributed by atoms with Crippen LogP contribution in [0, 0.1) is 11.8 Å². The Morgan fingerprint density at radius 1 is 1.54 bits per heavy atom. The van der Waals surface area contributed by atoms with Crippen LogP contribution in [0.4, 0.5) is 0 Å². The predicted octanol–water partition coefficient (Wildman–Crippen LogP) is 2.20. The zero-order valence-corrected chi connectivity index (χ0v) is 8.66. The Bertz CT molecular complexity index is 200. The van der Waals surface area contributed by atoms with E-state index in [0.29, 0.717) is 12.1 Å². The van der Waals surface area contributed by atoms with E-state index in [9.17, 15) is 0 Å². The van der Waals surface area contributed by atoms with Crippen LogP contribution in [-0.2, 0) is 0 Å². The molecule has 4 unspecified atom stereocenters. The predicted molar refractivity (Wildman–Crippen MR) is 56.0 cm³/mol. The molecule has 0 aromatic carbocycles. The molecule has 1 heterocycles. The normalized spacial score (nSPS) is 39.7. The number of nitrogens with zero attached hydrogens (tertiary/aromatic N) is 1. The lowest BCUT2D eigenvalue weighted by molar-refractivity contribution is 0.218. The Morgan fingerprint density at radius 3 is 3.15 bits per heavy atom. The fourth-order valence-corrected chi connectivity index (χ4v) is 2.63. The third-order valence-corrected chi connectivity index (χ3v) is 3.86. The molecule has 1 aliphatic carbocycles. The Balaban J connectivity index is 1.91. The summed E-state index contributed by atoms with van der Waals surface area (Å²) in [6.45, 7) is 4.69. The molecular weight excluding hydrogens is 160 g/mol. The summed E-state index contributed by atoms with van der Waals surface area (Å²) >= 11 is 0. The molecule has 1 aliphatic heterocycles. The number of nitrogens with one attached hydrogen (secondary N) is 1. The number of hydrogen-bond donors (Lipinski definition) is 1. The summed E-state index contributed by atoms with van der Waals surface area (Å²) in [6, 6.07) is 1.26. The number of fused-ring (bicyclic) bond motifs is 1. The van der Waals surface area contributed by atoms with E-state index < -0.39 is 0 Å². The lowest BCUT2D eigenvalue weighted by Gasteiger charge is -2.33. The van der Waals surface area contributed by atoms with E-state index in [2.05, 4.69) is 24.2 Å². The molecule has 2 heteroatoms. The van der Waals surface area contributed by atoms with Crippen molar-refractivity contribution >= 4 is 6.34 Å². The third-order valence-electron chi connectivity index (χ3n) is 3.86. The molecule has 1 fully saturated rings. The number of aliphatic imine (C=N–C) groups is 1. The largest absolute Gasteiger partial charge is 0.372 e. The van der Waals surface area contributed by atoms with Crippen molar-refractivity contribution in [3.05, 3.63) is 0 Å². The van der Waals surface area contributed by atoms with Crippen LogP contribution in [0.2, 0.25) is 0 Å². The molecule has 0 spiro atoms. The second kappa shape index (κ2) is 3.69. The molecule has 0 radical (unpaired) electrons. The quantitative estimate of drug-likeness (QED) is 0.692. The van der Waals surface area contributed by atoms with Gasteiger partial charge in [0.1, 0.15) is 0 Å². The molecule has 1 N–H and O–H groups in total. The van der Waals surface area contributed by atoms with E-state index in [0.717, 1.165) is 11.8 Å². The first-order chi connectivity index (χ1) is 6.31. The van der Waals surface area contributed by atoms with Gasteiger partial charge >= 0.3 is 0 Å². The van der Waals surface area contributed by atoms with Gasteiger partial charge in [-0.15, -0.1) is 0 Å². The van der Waals surface area contributed by atoms with Crippen molar-refractivity contribution in [1.29, 1.82) is 0 Å². The summed E-state index contributed by atoms with van der Waals surface area (Å²) in [6.07, 6.45) is 7.25. The maximum absolute atomic E-state index is 4.44. The maximum atomic E-state index is 4.44. The molecule has 0 aromatic heterocycles. The lowest BCUT2D eigenvalue weighted by Crippen LogP contribution is -2.39. The summed E-state index contributed by atoms with van der Waals surface area (Å²) in [7, 11) is 0. The van der Waals surface area contributed by atoms with Gasteiger partial charge in [0.15, 0.2) is 0 Å². The topological polar surface area (TPSA) is 24.4 Å². The second-order valence-corrected chi connectivity index (χ2v) is 4.58. The van der Waals surface area contributed by atoms with Gasteiger partial charge in [-0.1, -0.05) is 20.3 Å². The fourth-order valence-electron chi connectivity index (χ4n) is 2.63. The molecule has 2 nitrogen and oxygen atoms in total. The Hall–Kier alpha value is -0.530. The summed E-state index contributed by atoms with van der Waals surface area (Å²) in [4.78, 5) is 4.44. The van der Waals surface area contributed by atoms with Crippen LogP contribution in [0.3, 0.4) is 0 Å². The van der Waals surface area contributed by atoms with Crippen LogP contribution in [0.1, 0.15) is 39.5 Å². The number of rotatable bonds is 2. The van der Waals surface area contributed by atoms with Gasteiger partial charge in [-0.05, 0) is 31.1 Å². The van der Waals surface area contributed by atoms with E-state index in [-0.39, 0.29) is 0 Å². The van der Waals surface area contributed by atoms with Gasteiger partial charge in [-0.2, -0.15) is 0 Å². The highest BCUT2D eigenvalue weighted by Crippen LogP contribution is 2.33. The first-order valence-corrected chi connectivity index (χ1v) is 5.59. The minimum absolute atomic E-state index is 0.598. The van der Waals surface area contributed by atoms with Gasteiger partial charge in [-0.3, -0.25) is 4.99 Å². The van der Waals surface area contributed by atoms with E-state index in [1.165, 1.54) is 25.7 Å². The SMILES string of the molecule is CCC(C)C1CCC2N=CNC2C1. The standard InChI is InChI=1S/C11H20N2/c1-3-8(2)9-4-5-10-11(6-9)13-7-12-10/h7-11H,3-6H2,1-2H3,(H,12,13). The molecule has 74 valence electrons. The van der Waals surface area contributed by atoms with Crippen molar-refractivity contribution in [3.8, 4) is 0 Å². The average molecular weight is 180 g/mol. The molecule has 2 aliphatic rings. The molecule has 1 saturated carbocycles. The zero-order valence-electron chi connectivity index (χ0n) is 8.66. The smallest absolute Gasteiger partial charge is 0.0831 e. The lowest BCUT2D eigenvalue weighted by atomic mass is 9.76. The van der Waals surface area contributed by atoms with Gasteiger partial charge < -0.3 is 5.32 Å². The number of hydrogen-bond acceptors (Lipinski definition) is 2. The van der Waals surface area contributed by atoms with Crippen LogP contribution < -0.4 is 5.32 Å². The molecular formula is C11H20N2. The third kappa shape index (κ3) is 1.72. The Labute approximate surface area is 80.8 Å². The summed E-state index contributed by atoms with van der Waals surface area (Å²) in [5, 5.41) is 3.38. The van der Waals surface area contributed by atoms with Gasteiger partial charge in [0.05, 0.1) is 12.4 Å². The molecule has 0 bridgehead atoms. The average Bonchev–Trinajstić information content (AvgIpc) is 2.63. The van der Waals surface area contributed by atoms with Crippen LogP contribution in [0.25, 0.3) is 0 Å². The Morgan fingerprint density at radius 2 is 2.38 bits per heavy atom. The van der Waals surface area contributed by atoms with E-state index >= 15 is 0 Å². The monoisotopic (exact) mass is 180 g/mol. The van der Waals surface area contributed by atoms with Crippen molar-refractivity contribution in [2.45, 2.75) is 51.6 Å². The molecule has 0 aromatic rings. The molecule has 13 heavy (non-hydrogen) atoms. The van der Waals surface area contributed by atoms with E-state index in [1.807, 2.05) is 6.34 Å². The van der Waals surface area contributed by atoms with Crippen molar-refractivity contribution in [2.75, 3.05) is 0 Å². The minimum Gasteiger partial charge on any atom is -0.372 e. The van der Waals surface area contributed by atoms with E-state index in [4.69, 9.17) is 0 Å². The highest BCUT2D eigenvalue weighted by atomic mass is 15.1. The van der Waals surface area contributed by atoms with Crippen molar-refractivity contribution in [3.63, 3.8) is 0 Å². The summed E-state index contributed by atoms with van der Waals surface area (Å²) < 4.78 is 0. The molecule has 0 amide bonds. The first kappa shape index (κ1) is 9.04. The highest BCUT2D eigenvalue weighted by molar-refractivity contribution is 5.58. The van der Waals surface area contributed by atoms with Gasteiger partial charge in [-0.25, -0.2) is 0 Å². The first-order valence-electron chi connectivity index (χ1n) is 5.59. The van der Waals surface area contributed by atoms with Crippen molar-refractivity contribution in [2.24, 2.45) is 16.8 Å². The molecule has 4 atom stereocenters. The van der Waals surface area contributed by atoms with Gasteiger partial charge in [0.2, 0.25) is 0 Å². The zero-order chi connectivity index (χ0) is 9.26. The van der Waals surface area contributed by atoms with Crippen LogP contribution in [0.15, 0.2) is 4.99 Å². The van der Waals surface area contributed by atoms with Crippen LogP contribution in [0.5, 0.6) is 0 Å². The van der Waals surface area contributed by atoms with Crippen molar-refractivity contribution < 1.29 is 0 Å². The highest BCUT2D eigenvalue weighted by Gasteiger charge is 2.33. The molecule has 2 rings (SSSR count). The van der Waals surface area contributed by atoms with Crippen molar-refractivity contribution in [1.82, 2.24) is 5.32 Å². The Kier molecular flexibility index (Phi) is 2.56. The van der Waals surface area contributed by atoms with Gasteiger partial charge in [0, 0.05) is 6.04 Å². The van der Waals surface area contributed by atoms with Crippen LogP contribution >= 0.6 is 0 Å².